The van der Waals surface area contributed by atoms with E-state index in [1.165, 1.54) is 11.3 Å². The van der Waals surface area contributed by atoms with Crippen LogP contribution in [0.1, 0.15) is 36.6 Å². The molecule has 6 heteroatoms. The van der Waals surface area contributed by atoms with Crippen LogP contribution in [0.5, 0.6) is 0 Å². The number of hydrogen-bond acceptors (Lipinski definition) is 4. The third-order valence-corrected chi connectivity index (χ3v) is 5.19. The Morgan fingerprint density at radius 1 is 1.12 bits per heavy atom. The van der Waals surface area contributed by atoms with Crippen LogP contribution in [0.15, 0.2) is 42.7 Å². The predicted octanol–water partition coefficient (Wildman–Crippen LogP) is 3.66. The standard InChI is InChI=1S/C19H20N6/c1-12-2-5-14(6-3-12)22-15-7-4-13(10-15)19-24-23-17-11-21-18-16(25(17)19)8-9-20-18/h2-3,5-6,8-9,11,13,15,20,22H,4,7,10H2,1H3/t13?,15-/m1/s1. The number of aromatic nitrogens is 5. The third-order valence-electron chi connectivity index (χ3n) is 5.19. The number of hydrogen-bond donors (Lipinski definition) is 2. The lowest BCUT2D eigenvalue weighted by Gasteiger charge is -2.14. The van der Waals surface area contributed by atoms with Crippen LogP contribution < -0.4 is 5.32 Å². The van der Waals surface area contributed by atoms with Crippen LogP contribution in [0.25, 0.3) is 16.8 Å². The second-order valence-electron chi connectivity index (χ2n) is 6.94. The van der Waals surface area contributed by atoms with Gasteiger partial charge in [0.15, 0.2) is 11.3 Å². The van der Waals surface area contributed by atoms with Gasteiger partial charge in [-0.2, -0.15) is 0 Å². The lowest BCUT2D eigenvalue weighted by molar-refractivity contribution is 0.652. The first kappa shape index (κ1) is 14.5. The van der Waals surface area contributed by atoms with E-state index >= 15 is 0 Å². The van der Waals surface area contributed by atoms with Crippen LogP contribution in [0, 0.1) is 6.92 Å². The maximum atomic E-state index is 4.49. The van der Waals surface area contributed by atoms with Gasteiger partial charge in [0.25, 0.3) is 0 Å². The largest absolute Gasteiger partial charge is 0.382 e. The average molecular weight is 332 g/mol. The molecule has 25 heavy (non-hydrogen) atoms. The molecule has 3 aromatic heterocycles. The average Bonchev–Trinajstić information content (AvgIpc) is 3.34. The summed E-state index contributed by atoms with van der Waals surface area (Å²) in [5.41, 5.74) is 5.22. The molecule has 0 amide bonds. The first-order valence-electron chi connectivity index (χ1n) is 8.78. The summed E-state index contributed by atoms with van der Waals surface area (Å²) in [5.74, 6) is 1.47. The van der Waals surface area contributed by atoms with E-state index in [-0.39, 0.29) is 0 Å². The molecule has 0 spiro atoms. The van der Waals surface area contributed by atoms with Gasteiger partial charge in [-0.05, 0) is 44.4 Å². The van der Waals surface area contributed by atoms with E-state index in [9.17, 15) is 0 Å². The zero-order valence-corrected chi connectivity index (χ0v) is 14.1. The topological polar surface area (TPSA) is 70.9 Å². The monoisotopic (exact) mass is 332 g/mol. The fourth-order valence-electron chi connectivity index (χ4n) is 3.90. The maximum absolute atomic E-state index is 4.49. The molecule has 1 saturated carbocycles. The number of anilines is 1. The molecule has 0 radical (unpaired) electrons. The third kappa shape index (κ3) is 2.45. The summed E-state index contributed by atoms with van der Waals surface area (Å²) in [6, 6.07) is 11.1. The van der Waals surface area contributed by atoms with Crippen molar-refractivity contribution in [2.45, 2.75) is 38.1 Å². The van der Waals surface area contributed by atoms with Crippen LogP contribution in [0.4, 0.5) is 5.69 Å². The molecule has 0 aliphatic heterocycles. The molecule has 2 N–H and O–H groups in total. The first-order valence-corrected chi connectivity index (χ1v) is 8.78. The normalized spacial score (nSPS) is 20.5. The number of nitrogens with one attached hydrogen (secondary N) is 2. The van der Waals surface area contributed by atoms with Crippen molar-refractivity contribution in [3.05, 3.63) is 54.1 Å². The van der Waals surface area contributed by atoms with E-state index < -0.39 is 0 Å². The van der Waals surface area contributed by atoms with Crippen molar-refractivity contribution in [2.75, 3.05) is 5.32 Å². The number of rotatable bonds is 3. The number of aryl methyl sites for hydroxylation is 1. The Hall–Kier alpha value is -2.89. The van der Waals surface area contributed by atoms with Gasteiger partial charge in [-0.25, -0.2) is 4.98 Å². The van der Waals surface area contributed by atoms with E-state index in [2.05, 4.69) is 61.1 Å². The predicted molar refractivity (Wildman–Crippen MR) is 97.8 cm³/mol. The molecule has 4 aromatic rings. The molecule has 0 saturated heterocycles. The molecular formula is C19H20N6. The van der Waals surface area contributed by atoms with Gasteiger partial charge in [-0.15, -0.1) is 10.2 Å². The Bertz CT molecular complexity index is 1030. The van der Waals surface area contributed by atoms with Crippen molar-refractivity contribution in [3.63, 3.8) is 0 Å². The number of benzene rings is 1. The van der Waals surface area contributed by atoms with E-state index in [1.54, 1.807) is 6.20 Å². The van der Waals surface area contributed by atoms with Gasteiger partial charge in [0.05, 0.1) is 11.7 Å². The molecular weight excluding hydrogens is 312 g/mol. The summed E-state index contributed by atoms with van der Waals surface area (Å²) in [6.45, 7) is 2.11. The van der Waals surface area contributed by atoms with Crippen molar-refractivity contribution in [1.82, 2.24) is 24.6 Å². The molecule has 0 bridgehead atoms. The van der Waals surface area contributed by atoms with Crippen molar-refractivity contribution in [2.24, 2.45) is 0 Å². The van der Waals surface area contributed by atoms with Crippen molar-refractivity contribution in [3.8, 4) is 0 Å². The zero-order valence-electron chi connectivity index (χ0n) is 14.1. The summed E-state index contributed by atoms with van der Waals surface area (Å²) < 4.78 is 2.15. The summed E-state index contributed by atoms with van der Waals surface area (Å²) in [6.07, 6.45) is 7.04. The van der Waals surface area contributed by atoms with Gasteiger partial charge in [-0.1, -0.05) is 17.7 Å². The Morgan fingerprint density at radius 3 is 2.88 bits per heavy atom. The van der Waals surface area contributed by atoms with E-state index in [4.69, 9.17) is 0 Å². The van der Waals surface area contributed by atoms with E-state index in [0.717, 1.165) is 41.9 Å². The number of H-pyrrole nitrogens is 1. The second-order valence-corrected chi connectivity index (χ2v) is 6.94. The highest BCUT2D eigenvalue weighted by atomic mass is 15.3. The van der Waals surface area contributed by atoms with Crippen LogP contribution >= 0.6 is 0 Å². The fourth-order valence-corrected chi connectivity index (χ4v) is 3.90. The second kappa shape index (κ2) is 5.58. The van der Waals surface area contributed by atoms with Gasteiger partial charge >= 0.3 is 0 Å². The van der Waals surface area contributed by atoms with Gasteiger partial charge < -0.3 is 10.3 Å². The maximum Gasteiger partial charge on any atom is 0.179 e. The zero-order chi connectivity index (χ0) is 16.8. The Labute approximate surface area is 145 Å². The van der Waals surface area contributed by atoms with Crippen LogP contribution in [-0.4, -0.2) is 30.6 Å². The number of nitrogens with zero attached hydrogens (tertiary/aromatic N) is 4. The molecule has 6 nitrogen and oxygen atoms in total. The lowest BCUT2D eigenvalue weighted by atomic mass is 10.1. The smallest absolute Gasteiger partial charge is 0.179 e. The van der Waals surface area contributed by atoms with Gasteiger partial charge in [-0.3, -0.25) is 4.40 Å². The summed E-state index contributed by atoms with van der Waals surface area (Å²) in [7, 11) is 0. The fraction of sp³-hybridized carbons (Fsp3) is 0.316. The van der Waals surface area contributed by atoms with Crippen molar-refractivity contribution in [1.29, 1.82) is 0 Å². The SMILES string of the molecule is Cc1ccc(N[C@@H]2CCC(c3nnc4cnc5[nH]ccc5n34)C2)cc1. The van der Waals surface area contributed by atoms with E-state index in [1.807, 2.05) is 12.3 Å². The molecule has 1 aromatic carbocycles. The van der Waals surface area contributed by atoms with Gasteiger partial charge in [0.1, 0.15) is 5.82 Å². The molecule has 1 aliphatic carbocycles. The number of aromatic amines is 1. The summed E-state index contributed by atoms with van der Waals surface area (Å²) >= 11 is 0. The van der Waals surface area contributed by atoms with Crippen molar-refractivity contribution >= 4 is 22.5 Å². The Kier molecular flexibility index (Phi) is 3.23. The molecule has 5 rings (SSSR count). The highest BCUT2D eigenvalue weighted by Gasteiger charge is 2.29. The van der Waals surface area contributed by atoms with Crippen LogP contribution in [0.3, 0.4) is 0 Å². The Morgan fingerprint density at radius 2 is 2.00 bits per heavy atom. The Balaban J connectivity index is 1.42. The van der Waals surface area contributed by atoms with E-state index in [0.29, 0.717) is 12.0 Å². The van der Waals surface area contributed by atoms with Crippen LogP contribution in [-0.2, 0) is 0 Å². The molecule has 1 unspecified atom stereocenters. The molecule has 1 fully saturated rings. The van der Waals surface area contributed by atoms with Gasteiger partial charge in [0.2, 0.25) is 0 Å². The van der Waals surface area contributed by atoms with Gasteiger partial charge in [0, 0.05) is 23.8 Å². The van der Waals surface area contributed by atoms with Crippen molar-refractivity contribution < 1.29 is 0 Å². The highest BCUT2D eigenvalue weighted by Crippen LogP contribution is 2.35. The molecule has 3 heterocycles. The lowest BCUT2D eigenvalue weighted by Crippen LogP contribution is -2.15. The summed E-state index contributed by atoms with van der Waals surface area (Å²) in [5, 5.41) is 12.5. The molecule has 2 atom stereocenters. The number of fused-ring (bicyclic) bond motifs is 3. The molecule has 1 aliphatic rings. The minimum Gasteiger partial charge on any atom is -0.382 e. The first-order chi connectivity index (χ1) is 12.3. The van der Waals surface area contributed by atoms with Crippen LogP contribution in [0.2, 0.25) is 0 Å². The minimum absolute atomic E-state index is 0.415. The summed E-state index contributed by atoms with van der Waals surface area (Å²) in [4.78, 5) is 7.56. The minimum atomic E-state index is 0.415. The quantitative estimate of drug-likeness (QED) is 0.600. The molecule has 126 valence electrons. The highest BCUT2D eigenvalue weighted by molar-refractivity contribution is 5.74.